The molecule has 3 heterocycles. The van der Waals surface area contributed by atoms with Gasteiger partial charge < -0.3 is 5.32 Å². The topological polar surface area (TPSA) is 110 Å². The van der Waals surface area contributed by atoms with E-state index in [9.17, 15) is 35.9 Å². The highest BCUT2D eigenvalue weighted by molar-refractivity contribution is 9.10. The van der Waals surface area contributed by atoms with E-state index < -0.39 is 34.6 Å². The molecule has 0 atom stereocenters. The highest BCUT2D eigenvalue weighted by atomic mass is 79.9. The van der Waals surface area contributed by atoms with Crippen LogP contribution in [0.15, 0.2) is 105 Å². The molecule has 52 heavy (non-hydrogen) atoms. The van der Waals surface area contributed by atoms with E-state index in [1.165, 1.54) is 0 Å². The normalized spacial score (nSPS) is 11.8. The molecule has 0 radical (unpaired) electrons. The summed E-state index contributed by atoms with van der Waals surface area (Å²) in [5.41, 5.74) is -1.84. The third-order valence-corrected chi connectivity index (χ3v) is 8.71. The van der Waals surface area contributed by atoms with E-state index in [0.29, 0.717) is 37.8 Å². The van der Waals surface area contributed by atoms with Crippen LogP contribution in [0.3, 0.4) is 0 Å². The van der Waals surface area contributed by atoms with Gasteiger partial charge in [0.25, 0.3) is 11.1 Å². The fourth-order valence-corrected chi connectivity index (χ4v) is 6.10. The lowest BCUT2D eigenvalue weighted by atomic mass is 10.1. The highest BCUT2D eigenvalue weighted by Crippen LogP contribution is 2.34. The van der Waals surface area contributed by atoms with Crippen LogP contribution in [0.4, 0.5) is 38.0 Å². The summed E-state index contributed by atoms with van der Waals surface area (Å²) in [5, 5.41) is 19.7. The Morgan fingerprint density at radius 2 is 1.13 bits per heavy atom. The molecule has 0 saturated heterocycles. The lowest BCUT2D eigenvalue weighted by Gasteiger charge is -2.14. The maximum Gasteiger partial charge on any atom is 0.416 e. The second kappa shape index (κ2) is 14.1. The summed E-state index contributed by atoms with van der Waals surface area (Å²) in [4.78, 5) is 25.5. The molecule has 7 aromatic rings. The molecule has 2 N–H and O–H groups in total. The fourth-order valence-electron chi connectivity index (χ4n) is 5.07. The Hall–Kier alpha value is -5.19. The van der Waals surface area contributed by atoms with Gasteiger partial charge in [-0.2, -0.15) is 45.9 Å². The van der Waals surface area contributed by atoms with Crippen molar-refractivity contribution in [2.24, 2.45) is 0 Å². The molecule has 0 saturated carbocycles. The molecule has 0 aliphatic heterocycles. The van der Waals surface area contributed by atoms with Gasteiger partial charge in [-0.3, -0.25) is 14.7 Å². The summed E-state index contributed by atoms with van der Waals surface area (Å²) in [7, 11) is 0. The second-order valence-corrected chi connectivity index (χ2v) is 12.6. The molecular formula is C34H20BrCl2F6N7O2. The van der Waals surface area contributed by atoms with Crippen LogP contribution in [0.1, 0.15) is 16.8 Å². The zero-order chi connectivity index (χ0) is 37.5. The number of aryl methyl sites for hydroxylation is 1. The third-order valence-electron chi connectivity index (χ3n) is 7.52. The van der Waals surface area contributed by atoms with Crippen molar-refractivity contribution in [3.63, 3.8) is 0 Å². The number of aromatic nitrogens is 6. The molecule has 0 aliphatic carbocycles. The first-order chi connectivity index (χ1) is 24.5. The summed E-state index contributed by atoms with van der Waals surface area (Å²) in [6, 6.07) is 20.8. The predicted octanol–water partition coefficient (Wildman–Crippen LogP) is 9.65. The van der Waals surface area contributed by atoms with Crippen molar-refractivity contribution < 1.29 is 26.3 Å². The number of nitrogens with one attached hydrogen (secondary N) is 2. The molecule has 9 nitrogen and oxygen atoms in total. The van der Waals surface area contributed by atoms with Gasteiger partial charge in [0.15, 0.2) is 11.6 Å². The number of fused-ring (bicyclic) bond motifs is 2. The van der Waals surface area contributed by atoms with Crippen LogP contribution < -0.4 is 16.4 Å². The number of rotatable bonds is 4. The smallest absolute Gasteiger partial charge is 0.321 e. The predicted molar refractivity (Wildman–Crippen MR) is 189 cm³/mol. The van der Waals surface area contributed by atoms with Crippen molar-refractivity contribution in [1.29, 1.82) is 0 Å². The number of H-pyrrole nitrogens is 1. The highest BCUT2D eigenvalue weighted by Gasteiger charge is 2.32. The minimum atomic E-state index is -4.55. The summed E-state index contributed by atoms with van der Waals surface area (Å²) in [6.45, 7) is 1.83. The number of alkyl halides is 6. The molecule has 266 valence electrons. The van der Waals surface area contributed by atoms with Gasteiger partial charge >= 0.3 is 12.4 Å². The van der Waals surface area contributed by atoms with Gasteiger partial charge in [0, 0.05) is 22.5 Å². The van der Waals surface area contributed by atoms with Crippen LogP contribution in [0.25, 0.3) is 32.9 Å². The molecular weight excluding hydrogens is 803 g/mol. The van der Waals surface area contributed by atoms with E-state index in [1.807, 2.05) is 6.92 Å². The number of halogens is 9. The maximum atomic E-state index is 12.9. The minimum Gasteiger partial charge on any atom is -0.321 e. The standard InChI is InChI=1S/C19H13ClF3N5O.C15H7BrClF3N2O/c1-10-8-16(26-25-10)24-17-12-4-2-3-5-13(12)18(29)28(27-17)15-7-6-11(9-14(15)20)19(21,22)23;16-13-9-3-1-2-4-10(9)14(23)22(21-13)12-6-5-8(7-11(12)17)15(18,19)20/h2-9H,1H3,(H2,24,25,26,27);1-7H. The van der Waals surface area contributed by atoms with Crippen molar-refractivity contribution in [2.75, 3.05) is 5.32 Å². The Bertz CT molecular complexity index is 2600. The molecule has 0 fully saturated rings. The first kappa shape index (κ1) is 36.6. The number of anilines is 2. The Morgan fingerprint density at radius 1 is 0.673 bits per heavy atom. The maximum absolute atomic E-state index is 12.9. The van der Waals surface area contributed by atoms with E-state index in [2.05, 4.69) is 41.6 Å². The van der Waals surface area contributed by atoms with Gasteiger partial charge in [-0.25, -0.2) is 0 Å². The molecule has 0 unspecified atom stereocenters. The van der Waals surface area contributed by atoms with Crippen LogP contribution in [0.5, 0.6) is 0 Å². The summed E-state index contributed by atoms with van der Waals surface area (Å²) in [6.07, 6.45) is -9.06. The summed E-state index contributed by atoms with van der Waals surface area (Å²) in [5.74, 6) is 0.784. The van der Waals surface area contributed by atoms with Crippen LogP contribution in [0.2, 0.25) is 10.0 Å². The second-order valence-electron chi connectivity index (χ2n) is 11.1. The van der Waals surface area contributed by atoms with Crippen molar-refractivity contribution in [3.05, 3.63) is 143 Å². The number of aromatic amines is 1. The van der Waals surface area contributed by atoms with Gasteiger partial charge in [0.1, 0.15) is 4.60 Å². The molecule has 0 bridgehead atoms. The lowest BCUT2D eigenvalue weighted by Crippen LogP contribution is -2.23. The number of benzene rings is 4. The third kappa shape index (κ3) is 7.40. The van der Waals surface area contributed by atoms with Crippen LogP contribution in [-0.4, -0.2) is 29.8 Å². The Balaban J connectivity index is 0.000000183. The zero-order valence-electron chi connectivity index (χ0n) is 26.1. The Labute approximate surface area is 306 Å². The number of hydrogen-bond acceptors (Lipinski definition) is 6. The lowest BCUT2D eigenvalue weighted by molar-refractivity contribution is -0.138. The van der Waals surface area contributed by atoms with Crippen LogP contribution >= 0.6 is 39.1 Å². The molecule has 18 heteroatoms. The minimum absolute atomic E-state index is 0.0386. The Morgan fingerprint density at radius 3 is 1.60 bits per heavy atom. The molecule has 0 aliphatic rings. The van der Waals surface area contributed by atoms with Crippen LogP contribution in [-0.2, 0) is 12.4 Å². The summed E-state index contributed by atoms with van der Waals surface area (Å²) >= 11 is 15.3. The molecule has 0 amide bonds. The van der Waals surface area contributed by atoms with Gasteiger partial charge in [-0.1, -0.05) is 59.6 Å². The van der Waals surface area contributed by atoms with Gasteiger partial charge in [-0.05, 0) is 71.4 Å². The van der Waals surface area contributed by atoms with E-state index >= 15 is 0 Å². The summed E-state index contributed by atoms with van der Waals surface area (Å²) < 4.78 is 79.3. The van der Waals surface area contributed by atoms with Gasteiger partial charge in [-0.15, -0.1) is 5.10 Å². The molecule has 0 spiro atoms. The SMILES string of the molecule is Cc1cc(Nc2nn(-c3ccc(C(F)(F)F)cc3Cl)c(=O)c3ccccc23)n[nH]1.O=c1c2ccccc2c(Br)nn1-c1ccc(C(F)(F)F)cc1Cl. The largest absolute Gasteiger partial charge is 0.416 e. The Kier molecular flexibility index (Phi) is 9.91. The average Bonchev–Trinajstić information content (AvgIpc) is 3.51. The number of hydrogen-bond donors (Lipinski definition) is 2. The van der Waals surface area contributed by atoms with E-state index in [4.69, 9.17) is 23.2 Å². The average molecular weight is 823 g/mol. The van der Waals surface area contributed by atoms with Crippen LogP contribution in [0, 0.1) is 6.92 Å². The zero-order valence-corrected chi connectivity index (χ0v) is 29.2. The quantitative estimate of drug-likeness (QED) is 0.171. The first-order valence-corrected chi connectivity index (χ1v) is 16.3. The van der Waals surface area contributed by atoms with E-state index in [-0.39, 0.29) is 21.4 Å². The van der Waals surface area contributed by atoms with Crippen molar-refractivity contribution >= 4 is 72.3 Å². The van der Waals surface area contributed by atoms with E-state index in [0.717, 1.165) is 51.5 Å². The number of nitrogens with zero attached hydrogens (tertiary/aromatic N) is 5. The van der Waals surface area contributed by atoms with E-state index in [1.54, 1.807) is 54.6 Å². The van der Waals surface area contributed by atoms with Crippen molar-refractivity contribution in [2.45, 2.75) is 19.3 Å². The van der Waals surface area contributed by atoms with Gasteiger partial charge in [0.05, 0.1) is 43.3 Å². The molecule has 7 rings (SSSR count). The monoisotopic (exact) mass is 821 g/mol. The molecule has 3 aromatic heterocycles. The fraction of sp³-hybridized carbons (Fsp3) is 0.0882. The first-order valence-electron chi connectivity index (χ1n) is 14.8. The molecule has 4 aromatic carbocycles. The van der Waals surface area contributed by atoms with Crippen molar-refractivity contribution in [1.82, 2.24) is 29.8 Å². The van der Waals surface area contributed by atoms with Crippen molar-refractivity contribution in [3.8, 4) is 11.4 Å². The van der Waals surface area contributed by atoms with Gasteiger partial charge in [0.2, 0.25) is 0 Å².